The number of H-pyrrole nitrogens is 1. The van der Waals surface area contributed by atoms with Crippen LogP contribution in [0.5, 0.6) is 0 Å². The molecule has 0 aliphatic rings. The standard InChI is InChI=1S/C16H12FN5O3S/c1-9-2-3-10(6-13(9)17)20-15(23)12-7-11(22(24)25)4-5-14(12)26-16-18-8-19-21-16/h2-8H,1H3,(H,20,23)(H,18,19,21). The summed E-state index contributed by atoms with van der Waals surface area (Å²) in [5.74, 6) is -1.06. The maximum absolute atomic E-state index is 13.7. The van der Waals surface area contributed by atoms with Crippen LogP contribution in [-0.4, -0.2) is 26.0 Å². The predicted molar refractivity (Wildman–Crippen MR) is 92.7 cm³/mol. The summed E-state index contributed by atoms with van der Waals surface area (Å²) in [6.07, 6.45) is 1.31. The van der Waals surface area contributed by atoms with E-state index in [0.717, 1.165) is 11.8 Å². The number of anilines is 1. The van der Waals surface area contributed by atoms with Gasteiger partial charge in [0.25, 0.3) is 11.6 Å². The molecule has 0 aliphatic carbocycles. The number of aromatic nitrogens is 3. The van der Waals surface area contributed by atoms with Gasteiger partial charge in [-0.05, 0) is 42.4 Å². The fraction of sp³-hybridized carbons (Fsp3) is 0.0625. The van der Waals surface area contributed by atoms with Crippen molar-refractivity contribution in [3.8, 4) is 0 Å². The van der Waals surface area contributed by atoms with E-state index in [-0.39, 0.29) is 16.9 Å². The average molecular weight is 373 g/mol. The van der Waals surface area contributed by atoms with Gasteiger partial charge >= 0.3 is 0 Å². The lowest BCUT2D eigenvalue weighted by Gasteiger charge is -2.10. The second kappa shape index (κ2) is 7.31. The minimum absolute atomic E-state index is 0.0709. The van der Waals surface area contributed by atoms with Crippen LogP contribution in [0.15, 0.2) is 52.8 Å². The topological polar surface area (TPSA) is 114 Å². The number of nitro groups is 1. The Morgan fingerprint density at radius 1 is 1.31 bits per heavy atom. The lowest BCUT2D eigenvalue weighted by atomic mass is 10.1. The first-order valence-electron chi connectivity index (χ1n) is 7.33. The fourth-order valence-electron chi connectivity index (χ4n) is 2.11. The molecule has 0 atom stereocenters. The smallest absolute Gasteiger partial charge is 0.270 e. The number of amides is 1. The molecular weight excluding hydrogens is 361 g/mol. The number of halogens is 1. The molecule has 1 amide bonds. The number of aromatic amines is 1. The number of rotatable bonds is 5. The predicted octanol–water partition coefficient (Wildman–Crippen LogP) is 3.56. The third-order valence-electron chi connectivity index (χ3n) is 3.45. The lowest BCUT2D eigenvalue weighted by molar-refractivity contribution is -0.384. The summed E-state index contributed by atoms with van der Waals surface area (Å²) in [6, 6.07) is 8.18. The van der Waals surface area contributed by atoms with Crippen LogP contribution in [0.25, 0.3) is 0 Å². The number of hydrogen-bond donors (Lipinski definition) is 2. The Balaban J connectivity index is 1.94. The van der Waals surface area contributed by atoms with Crippen molar-refractivity contribution in [1.29, 1.82) is 0 Å². The van der Waals surface area contributed by atoms with Crippen molar-refractivity contribution >= 4 is 29.0 Å². The van der Waals surface area contributed by atoms with Crippen molar-refractivity contribution in [2.24, 2.45) is 0 Å². The Kier molecular flexibility index (Phi) is 4.94. The van der Waals surface area contributed by atoms with Crippen LogP contribution >= 0.6 is 11.8 Å². The molecule has 2 N–H and O–H groups in total. The zero-order chi connectivity index (χ0) is 18.7. The molecule has 26 heavy (non-hydrogen) atoms. The van der Waals surface area contributed by atoms with E-state index in [1.54, 1.807) is 13.0 Å². The van der Waals surface area contributed by atoms with Crippen LogP contribution in [0.4, 0.5) is 15.8 Å². The largest absolute Gasteiger partial charge is 0.322 e. The van der Waals surface area contributed by atoms with Gasteiger partial charge in [-0.3, -0.25) is 20.0 Å². The minimum Gasteiger partial charge on any atom is -0.322 e. The number of carbonyl (C=O) groups is 1. The fourth-order valence-corrected chi connectivity index (χ4v) is 2.92. The number of nitrogens with one attached hydrogen (secondary N) is 2. The highest BCUT2D eigenvalue weighted by Gasteiger charge is 2.19. The highest BCUT2D eigenvalue weighted by Crippen LogP contribution is 2.31. The van der Waals surface area contributed by atoms with Gasteiger partial charge < -0.3 is 5.32 Å². The highest BCUT2D eigenvalue weighted by molar-refractivity contribution is 7.99. The molecule has 0 aliphatic heterocycles. The van der Waals surface area contributed by atoms with Gasteiger partial charge in [-0.1, -0.05) is 6.07 Å². The molecule has 3 aromatic rings. The number of hydrogen-bond acceptors (Lipinski definition) is 6. The molecule has 0 saturated heterocycles. The van der Waals surface area contributed by atoms with Crippen molar-refractivity contribution in [3.05, 3.63) is 69.8 Å². The summed E-state index contributed by atoms with van der Waals surface area (Å²) >= 11 is 1.10. The molecular formula is C16H12FN5O3S. The molecule has 1 aromatic heterocycles. The van der Waals surface area contributed by atoms with Gasteiger partial charge in [0.05, 0.1) is 10.5 Å². The van der Waals surface area contributed by atoms with Gasteiger partial charge in [-0.25, -0.2) is 9.37 Å². The van der Waals surface area contributed by atoms with Gasteiger partial charge in [-0.2, -0.15) is 5.10 Å². The first-order valence-corrected chi connectivity index (χ1v) is 8.15. The van der Waals surface area contributed by atoms with Crippen LogP contribution in [0, 0.1) is 22.9 Å². The second-order valence-corrected chi connectivity index (χ2v) is 6.28. The highest BCUT2D eigenvalue weighted by atomic mass is 32.2. The molecule has 1 heterocycles. The van der Waals surface area contributed by atoms with E-state index in [4.69, 9.17) is 0 Å². The van der Waals surface area contributed by atoms with Crippen molar-refractivity contribution in [3.63, 3.8) is 0 Å². The molecule has 0 saturated carbocycles. The Morgan fingerprint density at radius 3 is 2.77 bits per heavy atom. The lowest BCUT2D eigenvalue weighted by Crippen LogP contribution is -2.13. The van der Waals surface area contributed by atoms with Gasteiger partial charge in [-0.15, -0.1) is 0 Å². The monoisotopic (exact) mass is 373 g/mol. The number of aryl methyl sites for hydroxylation is 1. The molecule has 0 radical (unpaired) electrons. The molecule has 3 rings (SSSR count). The summed E-state index contributed by atoms with van der Waals surface area (Å²) in [6.45, 7) is 1.60. The van der Waals surface area contributed by atoms with E-state index in [9.17, 15) is 19.3 Å². The number of benzene rings is 2. The Labute approximate surface area is 151 Å². The Morgan fingerprint density at radius 2 is 2.12 bits per heavy atom. The van der Waals surface area contributed by atoms with E-state index in [0.29, 0.717) is 15.6 Å². The van der Waals surface area contributed by atoms with Crippen molar-refractivity contribution in [1.82, 2.24) is 15.2 Å². The van der Waals surface area contributed by atoms with E-state index in [2.05, 4.69) is 20.5 Å². The SMILES string of the molecule is Cc1ccc(NC(=O)c2cc([N+](=O)[O-])ccc2Sc2ncn[nH]2)cc1F. The maximum Gasteiger partial charge on any atom is 0.270 e. The quantitative estimate of drug-likeness (QED) is 0.522. The van der Waals surface area contributed by atoms with E-state index >= 15 is 0 Å². The van der Waals surface area contributed by atoms with E-state index < -0.39 is 16.6 Å². The van der Waals surface area contributed by atoms with Crippen molar-refractivity contribution in [2.45, 2.75) is 17.0 Å². The number of nitrogens with zero attached hydrogens (tertiary/aromatic N) is 3. The number of carbonyl (C=O) groups excluding carboxylic acids is 1. The van der Waals surface area contributed by atoms with E-state index in [1.165, 1.54) is 36.7 Å². The normalized spacial score (nSPS) is 10.5. The van der Waals surface area contributed by atoms with Crippen LogP contribution in [0.1, 0.15) is 15.9 Å². The zero-order valence-corrected chi connectivity index (χ0v) is 14.2. The minimum atomic E-state index is -0.598. The molecule has 0 unspecified atom stereocenters. The third-order valence-corrected chi connectivity index (χ3v) is 4.41. The van der Waals surface area contributed by atoms with Crippen molar-refractivity contribution < 1.29 is 14.1 Å². The van der Waals surface area contributed by atoms with Crippen LogP contribution in [0.2, 0.25) is 0 Å². The van der Waals surface area contributed by atoms with Crippen LogP contribution in [-0.2, 0) is 0 Å². The molecule has 0 bridgehead atoms. The molecule has 0 spiro atoms. The molecule has 8 nitrogen and oxygen atoms in total. The van der Waals surface area contributed by atoms with Crippen LogP contribution in [0.3, 0.4) is 0 Å². The summed E-state index contributed by atoms with van der Waals surface area (Å²) in [7, 11) is 0. The van der Waals surface area contributed by atoms with Gasteiger partial charge in [0, 0.05) is 22.7 Å². The van der Waals surface area contributed by atoms with Gasteiger partial charge in [0.2, 0.25) is 0 Å². The number of non-ortho nitro benzene ring substituents is 1. The summed E-state index contributed by atoms with van der Waals surface area (Å²) in [4.78, 5) is 27.5. The molecule has 132 valence electrons. The Hall–Kier alpha value is -3.27. The molecule has 10 heteroatoms. The average Bonchev–Trinajstić information content (AvgIpc) is 3.11. The van der Waals surface area contributed by atoms with E-state index in [1.807, 2.05) is 0 Å². The summed E-state index contributed by atoms with van der Waals surface area (Å²) in [5.41, 5.74) is 0.536. The summed E-state index contributed by atoms with van der Waals surface area (Å²) in [5, 5.41) is 20.4. The van der Waals surface area contributed by atoms with Gasteiger partial charge in [0.15, 0.2) is 5.16 Å². The molecule has 2 aromatic carbocycles. The maximum atomic E-state index is 13.7. The molecule has 0 fully saturated rings. The Bertz CT molecular complexity index is 978. The van der Waals surface area contributed by atoms with Crippen molar-refractivity contribution in [2.75, 3.05) is 5.32 Å². The third kappa shape index (κ3) is 3.86. The second-order valence-electron chi connectivity index (χ2n) is 5.25. The van der Waals surface area contributed by atoms with Gasteiger partial charge in [0.1, 0.15) is 12.1 Å². The summed E-state index contributed by atoms with van der Waals surface area (Å²) < 4.78 is 13.7. The van der Waals surface area contributed by atoms with Crippen LogP contribution < -0.4 is 5.32 Å². The zero-order valence-electron chi connectivity index (χ0n) is 13.4. The first kappa shape index (κ1) is 17.5. The first-order chi connectivity index (χ1) is 12.4. The number of nitro benzene ring substituents is 1.